The zero-order valence-electron chi connectivity index (χ0n) is 40.5. The van der Waals surface area contributed by atoms with Gasteiger partial charge < -0.3 is 68.7 Å². The Hall–Kier alpha value is -7.43. The van der Waals surface area contributed by atoms with E-state index in [1.807, 2.05) is 0 Å². The van der Waals surface area contributed by atoms with Crippen LogP contribution in [0.1, 0.15) is 69.6 Å². The van der Waals surface area contributed by atoms with Crippen LogP contribution in [0, 0.1) is 5.92 Å². The number of aliphatic hydroxyl groups is 2. The predicted octanol–water partition coefficient (Wildman–Crippen LogP) is -1.58. The van der Waals surface area contributed by atoms with Gasteiger partial charge in [0.1, 0.15) is 48.0 Å². The molecule has 1 aliphatic heterocycles. The number of aromatic hydroxyl groups is 1. The summed E-state index contributed by atoms with van der Waals surface area (Å²) < 4.78 is 0. The summed E-state index contributed by atoms with van der Waals surface area (Å²) in [5, 5.41) is 54.5. The smallest absolute Gasteiger partial charge is 0.328 e. The van der Waals surface area contributed by atoms with Gasteiger partial charge in [0.25, 0.3) is 0 Å². The number of carbonyl (C=O) groups is 9. The predicted molar refractivity (Wildman–Crippen MR) is 261 cm³/mol. The van der Waals surface area contributed by atoms with Crippen molar-refractivity contribution in [3.05, 3.63) is 102 Å². The molecule has 14 N–H and O–H groups in total. The van der Waals surface area contributed by atoms with Crippen molar-refractivity contribution in [3.63, 3.8) is 0 Å². The molecule has 8 amide bonds. The van der Waals surface area contributed by atoms with E-state index in [1.54, 1.807) is 74.5 Å². The summed E-state index contributed by atoms with van der Waals surface area (Å²) in [7, 11) is 0. The number of aliphatic carboxylic acids is 1. The highest BCUT2D eigenvalue weighted by Gasteiger charge is 2.41. The van der Waals surface area contributed by atoms with Crippen molar-refractivity contribution in [2.24, 2.45) is 17.4 Å². The third-order valence-electron chi connectivity index (χ3n) is 12.3. The maximum absolute atomic E-state index is 14.8. The van der Waals surface area contributed by atoms with E-state index in [2.05, 4.69) is 31.9 Å². The minimum atomic E-state index is -1.70. The molecule has 22 heteroatoms. The first-order valence-electron chi connectivity index (χ1n) is 23.8. The molecule has 1 heterocycles. The fraction of sp³-hybridized carbons (Fsp3) is 0.460. The van der Waals surface area contributed by atoms with Crippen molar-refractivity contribution >= 4 is 53.2 Å². The number of primary amides is 1. The van der Waals surface area contributed by atoms with Crippen molar-refractivity contribution in [3.8, 4) is 5.75 Å². The average molecular weight is 1000 g/mol. The number of benzene rings is 3. The van der Waals surface area contributed by atoms with Gasteiger partial charge in [-0.25, -0.2) is 4.79 Å². The Morgan fingerprint density at radius 2 is 1.14 bits per heavy atom. The molecule has 0 saturated carbocycles. The lowest BCUT2D eigenvalue weighted by molar-refractivity contribution is -0.145. The quantitative estimate of drug-likeness (QED) is 0.0410. The lowest BCUT2D eigenvalue weighted by Crippen LogP contribution is -2.61. The zero-order chi connectivity index (χ0) is 53.1. The van der Waals surface area contributed by atoms with E-state index in [9.17, 15) is 63.6 Å². The molecule has 72 heavy (non-hydrogen) atoms. The van der Waals surface area contributed by atoms with E-state index >= 15 is 0 Å². The first-order chi connectivity index (χ1) is 34.2. The van der Waals surface area contributed by atoms with E-state index < -0.39 is 120 Å². The first kappa shape index (κ1) is 57.2. The van der Waals surface area contributed by atoms with Crippen LogP contribution in [0.2, 0.25) is 0 Å². The van der Waals surface area contributed by atoms with Crippen LogP contribution in [0.25, 0.3) is 0 Å². The Labute approximate surface area is 417 Å². The Balaban J connectivity index is 1.64. The lowest BCUT2D eigenvalue weighted by atomic mass is 9.96. The van der Waals surface area contributed by atoms with Gasteiger partial charge in [-0.05, 0) is 60.9 Å². The summed E-state index contributed by atoms with van der Waals surface area (Å²) in [6.45, 7) is 3.85. The van der Waals surface area contributed by atoms with Crippen LogP contribution in [-0.2, 0) is 62.4 Å². The topological polar surface area (TPSA) is 362 Å². The highest BCUT2D eigenvalue weighted by molar-refractivity contribution is 5.98. The molecule has 1 fully saturated rings. The van der Waals surface area contributed by atoms with Gasteiger partial charge in [-0.15, -0.1) is 0 Å². The fourth-order valence-electron chi connectivity index (χ4n) is 8.01. The van der Waals surface area contributed by atoms with Crippen LogP contribution in [0.5, 0.6) is 5.75 Å². The summed E-state index contributed by atoms with van der Waals surface area (Å²) in [5.74, 6) is -8.74. The van der Waals surface area contributed by atoms with Crippen molar-refractivity contribution < 1.29 is 63.6 Å². The lowest BCUT2D eigenvalue weighted by Gasteiger charge is -2.31. The Morgan fingerprint density at radius 3 is 1.64 bits per heavy atom. The monoisotopic (exact) mass is 1000 g/mol. The number of nitrogens with two attached hydrogens (primary N) is 2. The second kappa shape index (κ2) is 27.8. The number of amides is 8. The number of likely N-dealkylation sites (tertiary alicyclic amines) is 1. The summed E-state index contributed by atoms with van der Waals surface area (Å²) >= 11 is 0. The van der Waals surface area contributed by atoms with Gasteiger partial charge in [0.15, 0.2) is 6.04 Å². The Morgan fingerprint density at radius 1 is 0.653 bits per heavy atom. The molecule has 0 aliphatic carbocycles. The van der Waals surface area contributed by atoms with Gasteiger partial charge in [0.2, 0.25) is 47.3 Å². The summed E-state index contributed by atoms with van der Waals surface area (Å²) in [6.07, 6.45) is -1.68. The second-order valence-electron chi connectivity index (χ2n) is 17.9. The minimum absolute atomic E-state index is 0.0341. The molecule has 10 atom stereocenters. The van der Waals surface area contributed by atoms with E-state index in [4.69, 9.17) is 11.5 Å². The zero-order valence-corrected chi connectivity index (χ0v) is 40.5. The number of phenolic OH excluding ortho intramolecular Hbond substituents is 1. The molecule has 3 aromatic carbocycles. The van der Waals surface area contributed by atoms with Gasteiger partial charge >= 0.3 is 5.97 Å². The van der Waals surface area contributed by atoms with Crippen LogP contribution >= 0.6 is 0 Å². The number of carboxylic acid groups (broad SMARTS) is 1. The summed E-state index contributed by atoms with van der Waals surface area (Å²) in [5.41, 5.74) is 13.0. The van der Waals surface area contributed by atoms with E-state index in [1.165, 1.54) is 36.1 Å². The third-order valence-corrected chi connectivity index (χ3v) is 12.3. The Kier molecular flexibility index (Phi) is 22.1. The molecule has 1 saturated heterocycles. The average Bonchev–Trinajstić information content (AvgIpc) is 3.86. The molecule has 0 unspecified atom stereocenters. The SMILES string of the molecule is CC[C@H](C)[C@H](NC(=O)[C@H](CCC(N)=O)NC(=O)[C@@H]1CCCN1C(=O)[C@H](Cc1ccccc1)NC(=O)[C@H](Cc1ccc(O)cc1)NC(=O)[C@H](Cc1ccccc1)NC(=O)[C@@H](N)CO)C(=O)N[C@H](C(=O)O)[C@@H](C)O. The summed E-state index contributed by atoms with van der Waals surface area (Å²) in [4.78, 5) is 123. The number of nitrogens with one attached hydrogen (secondary N) is 6. The van der Waals surface area contributed by atoms with Crippen LogP contribution < -0.4 is 43.4 Å². The number of hydrogen-bond donors (Lipinski definition) is 12. The Bertz CT molecular complexity index is 2340. The van der Waals surface area contributed by atoms with Crippen LogP contribution in [-0.4, -0.2) is 146 Å². The van der Waals surface area contributed by atoms with Gasteiger partial charge in [0, 0.05) is 32.2 Å². The van der Waals surface area contributed by atoms with Crippen molar-refractivity contribution in [2.75, 3.05) is 13.2 Å². The second-order valence-corrected chi connectivity index (χ2v) is 17.9. The highest BCUT2D eigenvalue weighted by atomic mass is 16.4. The van der Waals surface area contributed by atoms with Gasteiger partial charge in [0.05, 0.1) is 12.7 Å². The fourth-order valence-corrected chi connectivity index (χ4v) is 8.01. The molecule has 0 bridgehead atoms. The minimum Gasteiger partial charge on any atom is -0.508 e. The maximum atomic E-state index is 14.8. The maximum Gasteiger partial charge on any atom is 0.328 e. The van der Waals surface area contributed by atoms with Gasteiger partial charge in [-0.1, -0.05) is 93.1 Å². The molecule has 1 aliphatic rings. The number of nitrogens with zero attached hydrogens (tertiary/aromatic N) is 1. The summed E-state index contributed by atoms with van der Waals surface area (Å²) in [6, 6.07) is 12.1. The number of hydrogen-bond acceptors (Lipinski definition) is 13. The molecular formula is C50H67N9O13. The van der Waals surface area contributed by atoms with Crippen LogP contribution in [0.4, 0.5) is 0 Å². The number of rotatable bonds is 27. The van der Waals surface area contributed by atoms with E-state index in [0.29, 0.717) is 29.5 Å². The molecule has 3 aromatic rings. The van der Waals surface area contributed by atoms with Gasteiger partial charge in [-0.3, -0.25) is 38.4 Å². The largest absolute Gasteiger partial charge is 0.508 e. The molecular weight excluding hydrogens is 935 g/mol. The van der Waals surface area contributed by atoms with Crippen LogP contribution in [0.3, 0.4) is 0 Å². The van der Waals surface area contributed by atoms with Gasteiger partial charge in [-0.2, -0.15) is 0 Å². The molecule has 4 rings (SSSR count). The van der Waals surface area contributed by atoms with Crippen molar-refractivity contribution in [1.29, 1.82) is 0 Å². The van der Waals surface area contributed by atoms with E-state index in [0.717, 1.165) is 0 Å². The molecule has 0 radical (unpaired) electrons. The number of phenols is 1. The molecule has 390 valence electrons. The number of aliphatic hydroxyl groups excluding tert-OH is 2. The first-order valence-corrected chi connectivity index (χ1v) is 23.8. The molecule has 0 spiro atoms. The highest BCUT2D eigenvalue weighted by Crippen LogP contribution is 2.21. The van der Waals surface area contributed by atoms with Crippen molar-refractivity contribution in [2.45, 2.75) is 127 Å². The number of carboxylic acids is 1. The van der Waals surface area contributed by atoms with Crippen molar-refractivity contribution in [1.82, 2.24) is 36.8 Å². The van der Waals surface area contributed by atoms with E-state index in [-0.39, 0.29) is 50.8 Å². The standard InChI is InChI=1S/C50H67N9O13/c1-4-28(2)41(48(69)58-42(29(3)61)50(71)72)57-44(65)35(21-22-40(52)63)53-47(68)39-16-11-23-59(39)49(70)38(26-31-14-9-6-10-15-31)56-46(67)37(25-32-17-19-33(62)20-18-32)55-45(66)36(54-43(64)34(51)27-60)24-30-12-7-5-8-13-30/h5-10,12-15,17-20,28-29,34-39,41-42,60-62H,4,11,16,21-27,51H2,1-3H3,(H2,52,63)(H,53,68)(H,54,64)(H,55,66)(H,56,67)(H,57,65)(H,58,69)(H,71,72)/t28-,29+,34-,35-,36-,37-,38-,39-,41-,42-/m0/s1. The normalized spacial score (nSPS) is 17.0. The molecule has 0 aromatic heterocycles. The third kappa shape index (κ3) is 17.2. The van der Waals surface area contributed by atoms with Crippen LogP contribution in [0.15, 0.2) is 84.9 Å². The number of carbonyl (C=O) groups excluding carboxylic acids is 8. The molecule has 22 nitrogen and oxygen atoms in total.